The smallest absolute Gasteiger partial charge is 0.739 e. The van der Waals surface area contributed by atoms with Crippen molar-refractivity contribution in [2.24, 2.45) is 0 Å². The van der Waals surface area contributed by atoms with Crippen LogP contribution in [0.1, 0.15) is 0 Å². The monoisotopic (exact) mass is 311 g/mol. The van der Waals surface area contributed by atoms with Gasteiger partial charge in [0.1, 0.15) is 0 Å². The first-order valence-corrected chi connectivity index (χ1v) is 5.73. The summed E-state index contributed by atoms with van der Waals surface area (Å²) in [5.41, 5.74) is 5.70. The first kappa shape index (κ1) is 13.0. The zero-order chi connectivity index (χ0) is 9.19. The summed E-state index contributed by atoms with van der Waals surface area (Å²) in [7, 11) is -4.09. The van der Waals surface area contributed by atoms with E-state index in [0.29, 0.717) is 5.69 Å². The summed E-state index contributed by atoms with van der Waals surface area (Å²) in [5.74, 6) is 0. The van der Waals surface area contributed by atoms with Gasteiger partial charge >= 0.3 is 22.4 Å². The molecule has 13 heavy (non-hydrogen) atoms. The summed E-state index contributed by atoms with van der Waals surface area (Å²) in [6.45, 7) is 0. The minimum atomic E-state index is -4.31. The molecule has 0 amide bonds. The largest absolute Gasteiger partial charge is 1.00 e. The number of para-hydroxylation sites is 1. The molecule has 2 N–H and O–H groups in total. The number of rotatable bonds is 2. The van der Waals surface area contributed by atoms with E-state index in [1.807, 2.05) is 0 Å². The molecule has 0 aliphatic heterocycles. The van der Waals surface area contributed by atoms with Crippen molar-refractivity contribution in [3.05, 3.63) is 24.3 Å². The SMILES string of the molecule is Nc1ccccc1SS(=O)(=O)[O-].[Ag+]. The third-order valence-electron chi connectivity index (χ3n) is 1.11. The van der Waals surface area contributed by atoms with Gasteiger partial charge in [-0.25, -0.2) is 8.42 Å². The molecule has 1 aromatic carbocycles. The molecule has 76 valence electrons. The van der Waals surface area contributed by atoms with Gasteiger partial charge in [0.2, 0.25) is 0 Å². The molecular formula is C6H6AgNO3S2. The summed E-state index contributed by atoms with van der Waals surface area (Å²) < 4.78 is 30.9. The minimum Gasteiger partial charge on any atom is -0.739 e. The molecule has 0 heterocycles. The van der Waals surface area contributed by atoms with E-state index < -0.39 is 9.15 Å². The number of benzene rings is 1. The Morgan fingerprint density at radius 1 is 1.31 bits per heavy atom. The van der Waals surface area contributed by atoms with Crippen molar-refractivity contribution >= 4 is 25.6 Å². The predicted molar refractivity (Wildman–Crippen MR) is 46.4 cm³/mol. The third kappa shape index (κ3) is 4.70. The summed E-state index contributed by atoms with van der Waals surface area (Å²) in [5, 5.41) is 0. The molecule has 0 fully saturated rings. The van der Waals surface area contributed by atoms with Gasteiger partial charge < -0.3 is 10.3 Å². The molecule has 0 saturated heterocycles. The van der Waals surface area contributed by atoms with Gasteiger partial charge in [-0.1, -0.05) is 12.1 Å². The van der Waals surface area contributed by atoms with E-state index in [1.165, 1.54) is 12.1 Å². The van der Waals surface area contributed by atoms with E-state index in [0.717, 1.165) is 0 Å². The molecule has 0 saturated carbocycles. The molecule has 0 aromatic heterocycles. The number of anilines is 1. The topological polar surface area (TPSA) is 83.2 Å². The number of nitrogen functional groups attached to an aromatic ring is 1. The molecule has 4 nitrogen and oxygen atoms in total. The van der Waals surface area contributed by atoms with Gasteiger partial charge in [0.05, 0.1) is 0 Å². The van der Waals surface area contributed by atoms with Gasteiger partial charge in [-0.05, 0) is 22.9 Å². The van der Waals surface area contributed by atoms with Crippen molar-refractivity contribution in [1.29, 1.82) is 0 Å². The Kier molecular flexibility index (Phi) is 5.05. The van der Waals surface area contributed by atoms with Crippen molar-refractivity contribution in [3.63, 3.8) is 0 Å². The minimum absolute atomic E-state index is 0. The van der Waals surface area contributed by atoms with E-state index >= 15 is 0 Å². The Balaban J connectivity index is 0.00000144. The Morgan fingerprint density at radius 3 is 2.31 bits per heavy atom. The van der Waals surface area contributed by atoms with E-state index in [9.17, 15) is 13.0 Å². The first-order valence-electron chi connectivity index (χ1n) is 2.99. The van der Waals surface area contributed by atoms with Crippen LogP contribution < -0.4 is 5.73 Å². The average Bonchev–Trinajstić information content (AvgIpc) is 1.91. The number of nitrogens with two attached hydrogens (primary N) is 1. The van der Waals surface area contributed by atoms with Gasteiger partial charge in [0.25, 0.3) is 0 Å². The first-order chi connectivity index (χ1) is 5.49. The summed E-state index contributed by atoms with van der Waals surface area (Å²) in [6, 6.07) is 6.30. The fourth-order valence-corrected chi connectivity index (χ4v) is 2.30. The summed E-state index contributed by atoms with van der Waals surface area (Å²) in [4.78, 5) is 0.271. The summed E-state index contributed by atoms with van der Waals surface area (Å²) >= 11 is 0. The van der Waals surface area contributed by atoms with Gasteiger partial charge in [-0.2, -0.15) is 0 Å². The molecule has 0 aliphatic rings. The van der Waals surface area contributed by atoms with Crippen LogP contribution in [0.2, 0.25) is 0 Å². The maximum Gasteiger partial charge on any atom is 1.00 e. The van der Waals surface area contributed by atoms with Crippen LogP contribution in [-0.4, -0.2) is 13.0 Å². The van der Waals surface area contributed by atoms with Crippen LogP contribution >= 0.6 is 10.8 Å². The number of hydrogen-bond acceptors (Lipinski definition) is 5. The quantitative estimate of drug-likeness (QED) is 0.378. The normalized spacial score (nSPS) is 10.5. The van der Waals surface area contributed by atoms with Crippen LogP contribution in [0.25, 0.3) is 0 Å². The third-order valence-corrected chi connectivity index (χ3v) is 3.02. The van der Waals surface area contributed by atoms with Crippen molar-refractivity contribution in [1.82, 2.24) is 0 Å². The predicted octanol–water partition coefficient (Wildman–Crippen LogP) is 0.819. The Bertz CT molecular complexity index is 379. The molecule has 1 rings (SSSR count). The number of hydrogen-bond donors (Lipinski definition) is 1. The standard InChI is InChI=1S/C6H7NO3S2.Ag/c7-5-3-1-2-4-6(5)11-12(8,9)10;/h1-4H,7H2,(H,8,9,10);/q;+1/p-1. The zero-order valence-electron chi connectivity index (χ0n) is 6.23. The zero-order valence-corrected chi connectivity index (χ0v) is 9.34. The fourth-order valence-electron chi connectivity index (χ4n) is 0.666. The molecule has 0 aliphatic carbocycles. The van der Waals surface area contributed by atoms with Crippen molar-refractivity contribution < 1.29 is 35.4 Å². The van der Waals surface area contributed by atoms with Crippen LogP contribution in [0.5, 0.6) is 0 Å². The van der Waals surface area contributed by atoms with Crippen LogP contribution in [-0.2, 0) is 31.5 Å². The second-order valence-corrected chi connectivity index (χ2v) is 5.18. The van der Waals surface area contributed by atoms with Crippen LogP contribution in [0.3, 0.4) is 0 Å². The molecule has 0 bridgehead atoms. The van der Waals surface area contributed by atoms with Crippen LogP contribution in [0.15, 0.2) is 29.2 Å². The maximum atomic E-state index is 10.3. The van der Waals surface area contributed by atoms with Gasteiger partial charge in [-0.3, -0.25) is 0 Å². The fraction of sp³-hybridized carbons (Fsp3) is 0. The molecule has 0 radical (unpaired) electrons. The van der Waals surface area contributed by atoms with Crippen molar-refractivity contribution in [2.75, 3.05) is 5.73 Å². The average molecular weight is 312 g/mol. The van der Waals surface area contributed by atoms with Crippen LogP contribution in [0, 0.1) is 0 Å². The van der Waals surface area contributed by atoms with Gasteiger partial charge in [-0.15, -0.1) is 0 Å². The molecule has 0 spiro atoms. The van der Waals surface area contributed by atoms with E-state index in [1.54, 1.807) is 12.1 Å². The van der Waals surface area contributed by atoms with E-state index in [-0.39, 0.29) is 38.1 Å². The molecule has 7 heteroatoms. The Morgan fingerprint density at radius 2 is 1.85 bits per heavy atom. The van der Waals surface area contributed by atoms with Gasteiger partial charge in [0.15, 0.2) is 9.15 Å². The van der Waals surface area contributed by atoms with E-state index in [2.05, 4.69) is 0 Å². The van der Waals surface area contributed by atoms with E-state index in [4.69, 9.17) is 5.73 Å². The summed E-state index contributed by atoms with van der Waals surface area (Å²) in [6.07, 6.45) is 0. The molecule has 0 atom stereocenters. The molecule has 1 aromatic rings. The Hall–Kier alpha value is 0.0203. The molecule has 0 unspecified atom stereocenters. The molecular weight excluding hydrogens is 306 g/mol. The van der Waals surface area contributed by atoms with Crippen LogP contribution in [0.4, 0.5) is 5.69 Å². The second-order valence-electron chi connectivity index (χ2n) is 2.03. The Labute approximate surface area is 95.6 Å². The van der Waals surface area contributed by atoms with Crippen molar-refractivity contribution in [3.8, 4) is 0 Å². The second kappa shape index (κ2) is 5.04. The van der Waals surface area contributed by atoms with Crippen molar-refractivity contribution in [2.45, 2.75) is 4.90 Å². The maximum absolute atomic E-state index is 10.3. The van der Waals surface area contributed by atoms with Gasteiger partial charge in [0, 0.05) is 10.6 Å².